The summed E-state index contributed by atoms with van der Waals surface area (Å²) in [4.78, 5) is 17.5. The Kier molecular flexibility index (Phi) is 5.06. The van der Waals surface area contributed by atoms with Crippen LogP contribution >= 0.6 is 0 Å². The van der Waals surface area contributed by atoms with Crippen molar-refractivity contribution in [2.24, 2.45) is 17.0 Å². The molecule has 22 heavy (non-hydrogen) atoms. The molecule has 0 aromatic heterocycles. The zero-order valence-corrected chi connectivity index (χ0v) is 13.8. The summed E-state index contributed by atoms with van der Waals surface area (Å²) >= 11 is 0. The Labute approximate surface area is 131 Å². The number of carbonyl (C=O) groups excluding carboxylic acids is 1. The normalized spacial score (nSPS) is 20.5. The van der Waals surface area contributed by atoms with Gasteiger partial charge in [-0.1, -0.05) is 37.2 Å². The van der Waals surface area contributed by atoms with Crippen molar-refractivity contribution in [2.75, 3.05) is 13.7 Å². The van der Waals surface area contributed by atoms with Gasteiger partial charge in [-0.05, 0) is 30.9 Å². The highest BCUT2D eigenvalue weighted by atomic mass is 16.6. The monoisotopic (exact) mass is 305 g/mol. The molecule has 120 valence electrons. The number of nitrogens with zero attached hydrogens (tertiary/aromatic N) is 1. The van der Waals surface area contributed by atoms with E-state index in [0.717, 1.165) is 16.9 Å². The van der Waals surface area contributed by atoms with Crippen molar-refractivity contribution in [2.45, 2.75) is 33.8 Å². The molecule has 2 atom stereocenters. The van der Waals surface area contributed by atoms with Gasteiger partial charge in [-0.3, -0.25) is 4.79 Å². The molecule has 1 heterocycles. The first-order chi connectivity index (χ1) is 10.5. The summed E-state index contributed by atoms with van der Waals surface area (Å²) in [5, 5.41) is 4.05. The molecule has 1 aromatic carbocycles. The summed E-state index contributed by atoms with van der Waals surface area (Å²) in [7, 11) is 1.38. The number of benzene rings is 1. The van der Waals surface area contributed by atoms with Gasteiger partial charge in [-0.15, -0.1) is 0 Å². The Morgan fingerprint density at radius 1 is 1.32 bits per heavy atom. The Bertz CT molecular complexity index is 560. The van der Waals surface area contributed by atoms with Crippen LogP contribution in [-0.2, 0) is 14.4 Å². The molecule has 0 spiro atoms. The molecule has 2 rings (SSSR count). The predicted molar refractivity (Wildman–Crippen MR) is 84.1 cm³/mol. The van der Waals surface area contributed by atoms with E-state index in [1.54, 1.807) is 0 Å². The molecule has 1 aliphatic rings. The number of methoxy groups -OCH3 is 1. The van der Waals surface area contributed by atoms with Crippen LogP contribution < -0.4 is 4.74 Å². The predicted octanol–water partition coefficient (Wildman–Crippen LogP) is 2.88. The van der Waals surface area contributed by atoms with E-state index in [2.05, 4.69) is 5.16 Å². The van der Waals surface area contributed by atoms with Crippen LogP contribution in [0.25, 0.3) is 0 Å². The first kappa shape index (κ1) is 16.3. The third kappa shape index (κ3) is 3.24. The molecule has 0 saturated carbocycles. The zero-order valence-electron chi connectivity index (χ0n) is 13.8. The maximum atomic E-state index is 12.0. The molecule has 1 aromatic rings. The van der Waals surface area contributed by atoms with Gasteiger partial charge in [-0.25, -0.2) is 0 Å². The maximum absolute atomic E-state index is 12.0. The topological polar surface area (TPSA) is 57.1 Å². The molecule has 0 bridgehead atoms. The summed E-state index contributed by atoms with van der Waals surface area (Å²) in [6.45, 7) is 8.18. The van der Waals surface area contributed by atoms with Crippen LogP contribution in [0.15, 0.2) is 23.4 Å². The SMILES string of the molecule is COC(=O)C1C(COc2c(C)cccc2C)=NOC1C(C)C. The van der Waals surface area contributed by atoms with E-state index in [1.807, 2.05) is 45.9 Å². The summed E-state index contributed by atoms with van der Waals surface area (Å²) in [6.07, 6.45) is -0.302. The number of esters is 1. The Hall–Kier alpha value is -2.04. The lowest BCUT2D eigenvalue weighted by molar-refractivity contribution is -0.147. The van der Waals surface area contributed by atoms with Gasteiger partial charge in [0, 0.05) is 0 Å². The summed E-state index contributed by atoms with van der Waals surface area (Å²) in [6, 6.07) is 5.97. The standard InChI is InChI=1S/C17H23NO4/c1-10(2)15-14(17(19)20-5)13(18-22-15)9-21-16-11(3)7-6-8-12(16)4/h6-8,10,14-15H,9H2,1-5H3. The number of aryl methyl sites for hydroxylation is 2. The fourth-order valence-corrected chi connectivity index (χ4v) is 2.63. The van der Waals surface area contributed by atoms with E-state index < -0.39 is 5.92 Å². The van der Waals surface area contributed by atoms with E-state index in [4.69, 9.17) is 14.3 Å². The quantitative estimate of drug-likeness (QED) is 0.785. The van der Waals surface area contributed by atoms with Crippen LogP contribution in [0, 0.1) is 25.7 Å². The average Bonchev–Trinajstić information content (AvgIpc) is 2.90. The van der Waals surface area contributed by atoms with E-state index in [9.17, 15) is 4.79 Å². The van der Waals surface area contributed by atoms with E-state index in [-0.39, 0.29) is 24.6 Å². The lowest BCUT2D eigenvalue weighted by Gasteiger charge is -2.20. The minimum Gasteiger partial charge on any atom is -0.487 e. The third-order valence-corrected chi connectivity index (χ3v) is 3.86. The van der Waals surface area contributed by atoms with Crippen molar-refractivity contribution >= 4 is 11.7 Å². The van der Waals surface area contributed by atoms with Crippen molar-refractivity contribution < 1.29 is 19.1 Å². The molecule has 0 radical (unpaired) electrons. The van der Waals surface area contributed by atoms with E-state index in [1.165, 1.54) is 7.11 Å². The van der Waals surface area contributed by atoms with Crippen molar-refractivity contribution in [3.05, 3.63) is 29.3 Å². The molecular formula is C17H23NO4. The van der Waals surface area contributed by atoms with Gasteiger partial charge in [0.2, 0.25) is 0 Å². The Morgan fingerprint density at radius 2 is 1.95 bits per heavy atom. The van der Waals surface area contributed by atoms with Gasteiger partial charge in [0.25, 0.3) is 0 Å². The van der Waals surface area contributed by atoms with Crippen LogP contribution in [-0.4, -0.2) is 31.5 Å². The fourth-order valence-electron chi connectivity index (χ4n) is 2.63. The Balaban J connectivity index is 2.13. The summed E-state index contributed by atoms with van der Waals surface area (Å²) in [5.74, 6) is 0.141. The smallest absolute Gasteiger partial charge is 0.318 e. The number of hydrogen-bond acceptors (Lipinski definition) is 5. The molecular weight excluding hydrogens is 282 g/mol. The first-order valence-corrected chi connectivity index (χ1v) is 7.45. The lowest BCUT2D eigenvalue weighted by Crippen LogP contribution is -2.37. The minimum atomic E-state index is -0.505. The zero-order chi connectivity index (χ0) is 16.3. The number of para-hydroxylation sites is 1. The maximum Gasteiger partial charge on any atom is 0.318 e. The van der Waals surface area contributed by atoms with Gasteiger partial charge in [0.05, 0.1) is 7.11 Å². The van der Waals surface area contributed by atoms with E-state index in [0.29, 0.717) is 5.71 Å². The van der Waals surface area contributed by atoms with Gasteiger partial charge in [0.15, 0.2) is 0 Å². The molecule has 0 N–H and O–H groups in total. The molecule has 0 aliphatic carbocycles. The molecule has 2 unspecified atom stereocenters. The molecule has 0 amide bonds. The van der Waals surface area contributed by atoms with Crippen molar-refractivity contribution in [1.29, 1.82) is 0 Å². The van der Waals surface area contributed by atoms with Crippen molar-refractivity contribution in [3.8, 4) is 5.75 Å². The minimum absolute atomic E-state index is 0.158. The number of carbonyl (C=O) groups is 1. The van der Waals surface area contributed by atoms with Gasteiger partial charge in [-0.2, -0.15) is 0 Å². The van der Waals surface area contributed by atoms with Gasteiger partial charge < -0.3 is 14.3 Å². The third-order valence-electron chi connectivity index (χ3n) is 3.86. The lowest BCUT2D eigenvalue weighted by atomic mass is 9.90. The van der Waals surface area contributed by atoms with Crippen LogP contribution in [0.2, 0.25) is 0 Å². The Morgan fingerprint density at radius 3 is 2.50 bits per heavy atom. The highest BCUT2D eigenvalue weighted by molar-refractivity contribution is 6.04. The number of rotatable bonds is 5. The molecule has 5 heteroatoms. The number of ether oxygens (including phenoxy) is 2. The van der Waals surface area contributed by atoms with E-state index >= 15 is 0 Å². The van der Waals surface area contributed by atoms with Gasteiger partial charge >= 0.3 is 5.97 Å². The van der Waals surface area contributed by atoms with Crippen LogP contribution in [0.4, 0.5) is 0 Å². The van der Waals surface area contributed by atoms with Gasteiger partial charge in [0.1, 0.15) is 30.1 Å². The molecule has 1 aliphatic heterocycles. The molecule has 5 nitrogen and oxygen atoms in total. The molecule has 0 fully saturated rings. The number of hydrogen-bond donors (Lipinski definition) is 0. The van der Waals surface area contributed by atoms with Crippen LogP contribution in [0.5, 0.6) is 5.75 Å². The highest BCUT2D eigenvalue weighted by Crippen LogP contribution is 2.28. The molecule has 0 saturated heterocycles. The average molecular weight is 305 g/mol. The second kappa shape index (κ2) is 6.81. The fraction of sp³-hybridized carbons (Fsp3) is 0.529. The number of oxime groups is 1. The van der Waals surface area contributed by atoms with Crippen LogP contribution in [0.3, 0.4) is 0 Å². The van der Waals surface area contributed by atoms with Crippen molar-refractivity contribution in [3.63, 3.8) is 0 Å². The summed E-state index contributed by atoms with van der Waals surface area (Å²) in [5.41, 5.74) is 2.68. The second-order valence-corrected chi connectivity index (χ2v) is 5.91. The van der Waals surface area contributed by atoms with Crippen molar-refractivity contribution in [1.82, 2.24) is 0 Å². The van der Waals surface area contributed by atoms with Crippen LogP contribution in [0.1, 0.15) is 25.0 Å². The summed E-state index contributed by atoms with van der Waals surface area (Å²) < 4.78 is 10.8. The largest absolute Gasteiger partial charge is 0.487 e. The first-order valence-electron chi connectivity index (χ1n) is 7.45. The highest BCUT2D eigenvalue weighted by Gasteiger charge is 2.42. The second-order valence-electron chi connectivity index (χ2n) is 5.91.